The monoisotopic (exact) mass is 347 g/mol. The van der Waals surface area contributed by atoms with Crippen LogP contribution in [0.4, 0.5) is 10.1 Å². The Hall–Kier alpha value is -2.24. The molecule has 6 heteroatoms. The summed E-state index contributed by atoms with van der Waals surface area (Å²) in [7, 11) is 0. The van der Waals surface area contributed by atoms with Crippen molar-refractivity contribution in [2.75, 3.05) is 11.9 Å². The van der Waals surface area contributed by atoms with Crippen molar-refractivity contribution in [2.45, 2.75) is 39.0 Å². The van der Waals surface area contributed by atoms with E-state index in [1.54, 1.807) is 0 Å². The first-order chi connectivity index (χ1) is 11.9. The van der Waals surface area contributed by atoms with Gasteiger partial charge in [-0.05, 0) is 55.2 Å². The predicted molar refractivity (Wildman–Crippen MR) is 89.5 cm³/mol. The van der Waals surface area contributed by atoms with E-state index in [9.17, 15) is 18.8 Å². The highest BCUT2D eigenvalue weighted by molar-refractivity contribution is 5.99. The minimum Gasteiger partial charge on any atom is -0.457 e. The number of amides is 1. The van der Waals surface area contributed by atoms with Gasteiger partial charge in [-0.25, -0.2) is 4.39 Å². The molecule has 3 rings (SSSR count). The SMILES string of the molecule is CC(=O)Nc1ccc(C(=O)COC(=O)C[C@H]2C[C@@H]3CC[C@@H]2C3)c(F)c1. The first-order valence-electron chi connectivity index (χ1n) is 8.68. The van der Waals surface area contributed by atoms with E-state index in [1.165, 1.54) is 38.3 Å². The van der Waals surface area contributed by atoms with E-state index in [-0.39, 0.29) is 23.1 Å². The van der Waals surface area contributed by atoms with Crippen LogP contribution >= 0.6 is 0 Å². The summed E-state index contributed by atoms with van der Waals surface area (Å²) in [5.41, 5.74) is 0.122. The zero-order valence-electron chi connectivity index (χ0n) is 14.2. The smallest absolute Gasteiger partial charge is 0.306 e. The van der Waals surface area contributed by atoms with Crippen molar-refractivity contribution in [1.82, 2.24) is 0 Å². The highest BCUT2D eigenvalue weighted by atomic mass is 19.1. The van der Waals surface area contributed by atoms with Gasteiger partial charge < -0.3 is 10.1 Å². The van der Waals surface area contributed by atoms with Gasteiger partial charge in [0.2, 0.25) is 11.7 Å². The molecule has 0 spiro atoms. The molecule has 25 heavy (non-hydrogen) atoms. The third kappa shape index (κ3) is 4.24. The van der Waals surface area contributed by atoms with Gasteiger partial charge in [0.05, 0.1) is 5.56 Å². The van der Waals surface area contributed by atoms with E-state index >= 15 is 0 Å². The molecule has 2 bridgehead atoms. The molecule has 2 aliphatic rings. The summed E-state index contributed by atoms with van der Waals surface area (Å²) >= 11 is 0. The predicted octanol–water partition coefficient (Wildman–Crippen LogP) is 3.34. The summed E-state index contributed by atoms with van der Waals surface area (Å²) in [6.45, 7) is 0.850. The number of ketones is 1. The van der Waals surface area contributed by atoms with Gasteiger partial charge >= 0.3 is 5.97 Å². The summed E-state index contributed by atoms with van der Waals surface area (Å²) in [4.78, 5) is 35.0. The van der Waals surface area contributed by atoms with Crippen molar-refractivity contribution in [3.05, 3.63) is 29.6 Å². The standard InChI is InChI=1S/C19H22FNO4/c1-11(22)21-15-4-5-16(17(20)9-15)18(23)10-25-19(24)8-14-7-12-2-3-13(14)6-12/h4-5,9,12-14H,2-3,6-8,10H2,1H3,(H,21,22)/t12-,13-,14-/m1/s1. The van der Waals surface area contributed by atoms with E-state index in [0.717, 1.165) is 18.4 Å². The van der Waals surface area contributed by atoms with Gasteiger partial charge in [0, 0.05) is 19.0 Å². The van der Waals surface area contributed by atoms with E-state index in [1.807, 2.05) is 0 Å². The van der Waals surface area contributed by atoms with Gasteiger partial charge in [0.25, 0.3) is 0 Å². The van der Waals surface area contributed by atoms with Crippen molar-refractivity contribution in [3.63, 3.8) is 0 Å². The van der Waals surface area contributed by atoms with Crippen LogP contribution < -0.4 is 5.32 Å². The fourth-order valence-corrected chi connectivity index (χ4v) is 4.15. The van der Waals surface area contributed by atoms with Crippen molar-refractivity contribution in [3.8, 4) is 0 Å². The first kappa shape index (κ1) is 17.6. The second-order valence-electron chi connectivity index (χ2n) is 7.10. The first-order valence-corrected chi connectivity index (χ1v) is 8.68. The summed E-state index contributed by atoms with van der Waals surface area (Å²) in [6.07, 6.45) is 5.09. The number of Topliss-reactive ketones (excluding diaryl/α,β-unsaturated/α-hetero) is 1. The second kappa shape index (κ2) is 7.33. The molecule has 2 saturated carbocycles. The maximum atomic E-state index is 14.0. The number of hydrogen-bond donors (Lipinski definition) is 1. The molecule has 0 heterocycles. The lowest BCUT2D eigenvalue weighted by Crippen LogP contribution is -2.20. The normalized spacial score (nSPS) is 24.2. The molecule has 0 unspecified atom stereocenters. The Balaban J connectivity index is 1.50. The molecule has 5 nitrogen and oxygen atoms in total. The van der Waals surface area contributed by atoms with Crippen LogP contribution in [0.2, 0.25) is 0 Å². The molecule has 0 radical (unpaired) electrons. The van der Waals surface area contributed by atoms with E-state index in [0.29, 0.717) is 18.3 Å². The van der Waals surface area contributed by atoms with Crippen molar-refractivity contribution >= 4 is 23.3 Å². The Labute approximate surface area is 145 Å². The Morgan fingerprint density at radius 1 is 1.24 bits per heavy atom. The Bertz CT molecular complexity index is 703. The highest BCUT2D eigenvalue weighted by Gasteiger charge is 2.40. The number of rotatable bonds is 6. The number of anilines is 1. The number of hydrogen-bond acceptors (Lipinski definition) is 4. The zero-order chi connectivity index (χ0) is 18.0. The van der Waals surface area contributed by atoms with Crippen molar-refractivity contribution < 1.29 is 23.5 Å². The topological polar surface area (TPSA) is 72.5 Å². The Kier molecular flexibility index (Phi) is 5.16. The van der Waals surface area contributed by atoms with E-state index in [2.05, 4.69) is 5.32 Å². The fraction of sp³-hybridized carbons (Fsp3) is 0.526. The molecule has 1 N–H and O–H groups in total. The van der Waals surface area contributed by atoms with Gasteiger partial charge in [-0.1, -0.05) is 6.42 Å². The highest BCUT2D eigenvalue weighted by Crippen LogP contribution is 2.49. The third-order valence-electron chi connectivity index (χ3n) is 5.27. The molecule has 0 saturated heterocycles. The number of carbonyl (C=O) groups is 3. The molecule has 134 valence electrons. The molecular formula is C19H22FNO4. The quantitative estimate of drug-likeness (QED) is 0.633. The molecule has 1 amide bonds. The van der Waals surface area contributed by atoms with Crippen molar-refractivity contribution in [1.29, 1.82) is 0 Å². The summed E-state index contributed by atoms with van der Waals surface area (Å²) in [6, 6.07) is 3.80. The van der Waals surface area contributed by atoms with Gasteiger partial charge in [0.15, 0.2) is 6.61 Å². The second-order valence-corrected chi connectivity index (χ2v) is 7.10. The maximum Gasteiger partial charge on any atom is 0.306 e. The Morgan fingerprint density at radius 3 is 2.64 bits per heavy atom. The molecule has 3 atom stereocenters. The molecule has 2 fully saturated rings. The molecule has 2 aliphatic carbocycles. The lowest BCUT2D eigenvalue weighted by atomic mass is 9.86. The molecular weight excluding hydrogens is 325 g/mol. The van der Waals surface area contributed by atoms with Crippen LogP contribution in [0, 0.1) is 23.6 Å². The zero-order valence-corrected chi connectivity index (χ0v) is 14.2. The molecule has 0 aliphatic heterocycles. The molecule has 1 aromatic rings. The van der Waals surface area contributed by atoms with Gasteiger partial charge in [-0.3, -0.25) is 14.4 Å². The van der Waals surface area contributed by atoms with E-state index in [4.69, 9.17) is 4.74 Å². The minimum atomic E-state index is -0.750. The van der Waals surface area contributed by atoms with Crippen LogP contribution in [0.5, 0.6) is 0 Å². The van der Waals surface area contributed by atoms with Crippen molar-refractivity contribution in [2.24, 2.45) is 17.8 Å². The van der Waals surface area contributed by atoms with Crippen LogP contribution in [0.3, 0.4) is 0 Å². The number of carbonyl (C=O) groups excluding carboxylic acids is 3. The molecule has 1 aromatic carbocycles. The van der Waals surface area contributed by atoms with Crippen LogP contribution in [0.1, 0.15) is 49.4 Å². The fourth-order valence-electron chi connectivity index (χ4n) is 4.15. The largest absolute Gasteiger partial charge is 0.457 e. The Morgan fingerprint density at radius 2 is 2.04 bits per heavy atom. The average molecular weight is 347 g/mol. The number of esters is 1. The van der Waals surface area contributed by atoms with Crippen LogP contribution in [0.25, 0.3) is 0 Å². The van der Waals surface area contributed by atoms with Gasteiger partial charge in [-0.15, -0.1) is 0 Å². The summed E-state index contributed by atoms with van der Waals surface area (Å²) in [5.74, 6) is -0.314. The van der Waals surface area contributed by atoms with Crippen LogP contribution in [0.15, 0.2) is 18.2 Å². The minimum absolute atomic E-state index is 0.151. The summed E-state index contributed by atoms with van der Waals surface area (Å²) in [5, 5.41) is 2.44. The lowest BCUT2D eigenvalue weighted by molar-refractivity contribution is -0.144. The summed E-state index contributed by atoms with van der Waals surface area (Å²) < 4.78 is 19.0. The number of nitrogens with one attached hydrogen (secondary N) is 1. The van der Waals surface area contributed by atoms with Gasteiger partial charge in [-0.2, -0.15) is 0 Å². The van der Waals surface area contributed by atoms with Crippen LogP contribution in [-0.4, -0.2) is 24.3 Å². The number of halogens is 1. The third-order valence-corrected chi connectivity index (χ3v) is 5.27. The maximum absolute atomic E-state index is 14.0. The number of benzene rings is 1. The van der Waals surface area contributed by atoms with Gasteiger partial charge in [0.1, 0.15) is 5.82 Å². The number of fused-ring (bicyclic) bond motifs is 2. The number of ether oxygens (including phenoxy) is 1. The lowest BCUT2D eigenvalue weighted by Gasteiger charge is -2.20. The van der Waals surface area contributed by atoms with E-state index < -0.39 is 18.2 Å². The van der Waals surface area contributed by atoms with Crippen LogP contribution in [-0.2, 0) is 14.3 Å². The molecule has 0 aromatic heterocycles. The average Bonchev–Trinajstić information content (AvgIpc) is 3.15.